The molecule has 6 heteroatoms. The van der Waals surface area contributed by atoms with Gasteiger partial charge in [0.05, 0.1) is 16.7 Å². The van der Waals surface area contributed by atoms with Crippen molar-refractivity contribution in [1.82, 2.24) is 4.90 Å². The summed E-state index contributed by atoms with van der Waals surface area (Å²) < 4.78 is 6.28. The Morgan fingerprint density at radius 3 is 3.08 bits per heavy atom. The zero-order valence-electron chi connectivity index (χ0n) is 14.9. The number of nitrogens with zero attached hydrogens (tertiary/aromatic N) is 2. The highest BCUT2D eigenvalue weighted by Crippen LogP contribution is 2.64. The van der Waals surface area contributed by atoms with Crippen LogP contribution in [0.25, 0.3) is 0 Å². The highest BCUT2D eigenvalue weighted by atomic mass is 16.6. The van der Waals surface area contributed by atoms with Crippen LogP contribution in [0.2, 0.25) is 0 Å². The van der Waals surface area contributed by atoms with Crippen LogP contribution in [0, 0.1) is 0 Å². The molecule has 2 heterocycles. The van der Waals surface area contributed by atoms with Crippen LogP contribution in [0.5, 0.6) is 11.5 Å². The summed E-state index contributed by atoms with van der Waals surface area (Å²) in [4.78, 5) is 7.40. The van der Waals surface area contributed by atoms with Gasteiger partial charge in [-0.05, 0) is 37.3 Å². The topological polar surface area (TPSA) is 74.5 Å². The summed E-state index contributed by atoms with van der Waals surface area (Å²) in [6.45, 7) is 5.50. The molecular formula is C20H24N2O4. The Bertz CT molecular complexity index is 822. The van der Waals surface area contributed by atoms with Crippen molar-refractivity contribution in [3.8, 4) is 11.5 Å². The Labute approximate surface area is 152 Å². The van der Waals surface area contributed by atoms with Crippen molar-refractivity contribution < 1.29 is 19.8 Å². The van der Waals surface area contributed by atoms with E-state index in [1.165, 1.54) is 7.11 Å². The third kappa shape index (κ3) is 1.67. The number of aromatic hydroxyl groups is 1. The number of aliphatic hydroxyl groups is 1. The molecule has 2 aliphatic carbocycles. The molecule has 0 aromatic heterocycles. The minimum atomic E-state index is -0.919. The summed E-state index contributed by atoms with van der Waals surface area (Å²) in [5, 5.41) is 26.7. The first-order valence-corrected chi connectivity index (χ1v) is 9.26. The minimum absolute atomic E-state index is 0.00689. The molecule has 5 rings (SSSR count). The summed E-state index contributed by atoms with van der Waals surface area (Å²) in [5.41, 5.74) is 1.46. The van der Waals surface area contributed by atoms with Gasteiger partial charge in [0.15, 0.2) is 17.6 Å². The average molecular weight is 356 g/mol. The van der Waals surface area contributed by atoms with Gasteiger partial charge in [-0.15, -0.1) is 6.58 Å². The van der Waals surface area contributed by atoms with Crippen LogP contribution in [-0.4, -0.2) is 58.8 Å². The largest absolute Gasteiger partial charge is 0.504 e. The van der Waals surface area contributed by atoms with E-state index in [9.17, 15) is 10.2 Å². The van der Waals surface area contributed by atoms with Gasteiger partial charge in [-0.1, -0.05) is 17.3 Å². The van der Waals surface area contributed by atoms with Crippen molar-refractivity contribution in [3.05, 3.63) is 35.9 Å². The van der Waals surface area contributed by atoms with E-state index in [4.69, 9.17) is 9.57 Å². The lowest BCUT2D eigenvalue weighted by molar-refractivity contribution is -0.164. The average Bonchev–Trinajstić information content (AvgIpc) is 2.97. The summed E-state index contributed by atoms with van der Waals surface area (Å²) >= 11 is 0. The molecular weight excluding hydrogens is 332 g/mol. The van der Waals surface area contributed by atoms with Gasteiger partial charge in [-0.25, -0.2) is 0 Å². The second-order valence-electron chi connectivity index (χ2n) is 7.86. The fraction of sp³-hybridized carbons (Fsp3) is 0.550. The van der Waals surface area contributed by atoms with Gasteiger partial charge in [-0.3, -0.25) is 4.90 Å². The smallest absolute Gasteiger partial charge is 0.166 e. The molecule has 1 aromatic rings. The number of hydrogen-bond acceptors (Lipinski definition) is 6. The maximum Gasteiger partial charge on any atom is 0.166 e. The van der Waals surface area contributed by atoms with E-state index < -0.39 is 17.1 Å². The lowest BCUT2D eigenvalue weighted by Gasteiger charge is -2.62. The molecule has 0 radical (unpaired) electrons. The van der Waals surface area contributed by atoms with Crippen LogP contribution >= 0.6 is 0 Å². The van der Waals surface area contributed by atoms with Crippen molar-refractivity contribution in [2.75, 3.05) is 20.2 Å². The normalized spacial score (nSPS) is 38.6. The monoisotopic (exact) mass is 356 g/mol. The lowest BCUT2D eigenvalue weighted by atomic mass is 9.49. The predicted molar refractivity (Wildman–Crippen MR) is 96.7 cm³/mol. The molecule has 2 aliphatic heterocycles. The lowest BCUT2D eigenvalue weighted by Crippen LogP contribution is -2.76. The standard InChI is InChI=1S/C20H24N2O4/c1-3-9-22-10-8-19-16-12-4-5-14(23)17(16)26-18(19)13(21-25-2)6-7-20(19,24)15(22)11-12/h3-5,15,18,23-24H,1,6-11H2,2H3/t15-,18+,19+,20?/m1/s1. The zero-order chi connectivity index (χ0) is 18.1. The summed E-state index contributed by atoms with van der Waals surface area (Å²) in [5.74, 6) is 0.658. The summed E-state index contributed by atoms with van der Waals surface area (Å²) in [7, 11) is 1.53. The van der Waals surface area contributed by atoms with Crippen LogP contribution in [0.15, 0.2) is 29.9 Å². The summed E-state index contributed by atoms with van der Waals surface area (Å²) in [6, 6.07) is 3.69. The van der Waals surface area contributed by atoms with Crippen LogP contribution in [0.1, 0.15) is 30.4 Å². The third-order valence-corrected chi connectivity index (χ3v) is 6.96. The number of likely N-dealkylation sites (tertiary alicyclic amines) is 1. The van der Waals surface area contributed by atoms with Crippen molar-refractivity contribution in [2.24, 2.45) is 5.16 Å². The molecule has 1 spiro atoms. The van der Waals surface area contributed by atoms with E-state index in [1.807, 2.05) is 12.1 Å². The Balaban J connectivity index is 1.77. The molecule has 2 N–H and O–H groups in total. The molecule has 1 saturated carbocycles. The first kappa shape index (κ1) is 16.1. The van der Waals surface area contributed by atoms with Crippen molar-refractivity contribution in [2.45, 2.75) is 48.8 Å². The predicted octanol–water partition coefficient (Wildman–Crippen LogP) is 1.73. The molecule has 4 aliphatic rings. The van der Waals surface area contributed by atoms with Gasteiger partial charge in [0, 0.05) is 24.7 Å². The number of phenolic OH excluding ortho intramolecular Hbond substituents is 1. The Morgan fingerprint density at radius 2 is 2.31 bits per heavy atom. The highest BCUT2D eigenvalue weighted by Gasteiger charge is 2.72. The maximum atomic E-state index is 12.1. The van der Waals surface area contributed by atoms with E-state index in [-0.39, 0.29) is 11.8 Å². The van der Waals surface area contributed by atoms with Gasteiger partial charge in [0.1, 0.15) is 7.11 Å². The Kier molecular flexibility index (Phi) is 3.25. The number of rotatable bonds is 3. The van der Waals surface area contributed by atoms with Gasteiger partial charge in [0.25, 0.3) is 0 Å². The SMILES string of the molecule is C=CCN1CC[C@]23c4c5ccc(O)c4O[C@H]2C(=NOC)CCC3(O)[C@H]1C5. The molecule has 2 bridgehead atoms. The number of piperidine rings is 1. The fourth-order valence-electron chi connectivity index (χ4n) is 6.02. The van der Waals surface area contributed by atoms with Crippen LogP contribution in [-0.2, 0) is 16.7 Å². The quantitative estimate of drug-likeness (QED) is 0.637. The van der Waals surface area contributed by atoms with Crippen molar-refractivity contribution >= 4 is 5.71 Å². The van der Waals surface area contributed by atoms with Gasteiger partial charge < -0.3 is 19.8 Å². The molecule has 4 atom stereocenters. The zero-order valence-corrected chi connectivity index (χ0v) is 14.9. The molecule has 1 aromatic carbocycles. The number of oxime groups is 1. The molecule has 2 fully saturated rings. The fourth-order valence-corrected chi connectivity index (χ4v) is 6.02. The molecule has 0 amide bonds. The van der Waals surface area contributed by atoms with Gasteiger partial charge >= 0.3 is 0 Å². The third-order valence-electron chi connectivity index (χ3n) is 6.96. The number of benzene rings is 1. The molecule has 1 saturated heterocycles. The highest BCUT2D eigenvalue weighted by molar-refractivity contribution is 5.94. The second-order valence-corrected chi connectivity index (χ2v) is 7.86. The van der Waals surface area contributed by atoms with Crippen molar-refractivity contribution in [1.29, 1.82) is 0 Å². The van der Waals surface area contributed by atoms with Gasteiger partial charge in [0.2, 0.25) is 0 Å². The number of phenols is 1. The van der Waals surface area contributed by atoms with E-state index in [0.717, 1.165) is 42.8 Å². The minimum Gasteiger partial charge on any atom is -0.504 e. The Morgan fingerprint density at radius 1 is 1.46 bits per heavy atom. The molecule has 1 unspecified atom stereocenters. The first-order chi connectivity index (χ1) is 12.6. The van der Waals surface area contributed by atoms with Crippen LogP contribution < -0.4 is 4.74 Å². The Hall–Kier alpha value is -2.05. The van der Waals surface area contributed by atoms with Crippen molar-refractivity contribution in [3.63, 3.8) is 0 Å². The number of ether oxygens (including phenoxy) is 1. The van der Waals surface area contributed by atoms with E-state index in [2.05, 4.69) is 16.6 Å². The van der Waals surface area contributed by atoms with Crippen LogP contribution in [0.4, 0.5) is 0 Å². The van der Waals surface area contributed by atoms with Crippen LogP contribution in [0.3, 0.4) is 0 Å². The molecule has 138 valence electrons. The van der Waals surface area contributed by atoms with E-state index in [1.54, 1.807) is 6.07 Å². The van der Waals surface area contributed by atoms with Gasteiger partial charge in [-0.2, -0.15) is 0 Å². The summed E-state index contributed by atoms with van der Waals surface area (Å²) in [6.07, 6.45) is 4.26. The first-order valence-electron chi connectivity index (χ1n) is 9.26. The van der Waals surface area contributed by atoms with E-state index >= 15 is 0 Å². The maximum absolute atomic E-state index is 12.1. The van der Waals surface area contributed by atoms with E-state index in [0.29, 0.717) is 18.6 Å². The molecule has 6 nitrogen and oxygen atoms in total. The number of hydrogen-bond donors (Lipinski definition) is 2. The second kappa shape index (κ2) is 5.24. The molecule has 26 heavy (non-hydrogen) atoms.